The predicted octanol–water partition coefficient (Wildman–Crippen LogP) is 4.47. The average molecular weight is 541 g/mol. The number of H-pyrrole nitrogens is 1. The van der Waals surface area contributed by atoms with Crippen molar-refractivity contribution in [1.29, 1.82) is 0 Å². The molecule has 5 rings (SSSR count). The molecule has 1 aliphatic rings. The van der Waals surface area contributed by atoms with E-state index in [4.69, 9.17) is 43.4 Å². The van der Waals surface area contributed by atoms with Gasteiger partial charge in [-0.05, 0) is 37.4 Å². The van der Waals surface area contributed by atoms with Crippen LogP contribution in [0.15, 0.2) is 36.4 Å². The van der Waals surface area contributed by atoms with Gasteiger partial charge in [0.25, 0.3) is 0 Å². The molecule has 0 bridgehead atoms. The minimum absolute atomic E-state index is 0.312. The lowest BCUT2D eigenvalue weighted by atomic mass is 10.00. The second kappa shape index (κ2) is 10.1. The van der Waals surface area contributed by atoms with Crippen LogP contribution in [0.5, 0.6) is 11.5 Å². The number of likely N-dealkylation sites (N-methyl/N-ethyl adjacent to an activating group) is 1. The summed E-state index contributed by atoms with van der Waals surface area (Å²) in [7, 11) is 5.14. The van der Waals surface area contributed by atoms with Gasteiger partial charge in [0.15, 0.2) is 5.65 Å². The van der Waals surface area contributed by atoms with Gasteiger partial charge in [-0.25, -0.2) is 4.98 Å². The second-order valence-electron chi connectivity index (χ2n) is 8.83. The van der Waals surface area contributed by atoms with Crippen LogP contribution in [-0.2, 0) is 0 Å². The number of methoxy groups -OCH3 is 2. The number of hydrogen-bond acceptors (Lipinski definition) is 7. The first kappa shape index (κ1) is 25.1. The lowest BCUT2D eigenvalue weighted by molar-refractivity contribution is 0.100. The highest BCUT2D eigenvalue weighted by atomic mass is 35.5. The highest BCUT2D eigenvalue weighted by Gasteiger charge is 2.23. The molecule has 0 radical (unpaired) electrons. The van der Waals surface area contributed by atoms with Gasteiger partial charge in [0, 0.05) is 60.0 Å². The first-order chi connectivity index (χ1) is 17.8. The van der Waals surface area contributed by atoms with E-state index in [2.05, 4.69) is 27.0 Å². The third-order valence-corrected chi connectivity index (χ3v) is 7.40. The van der Waals surface area contributed by atoms with E-state index < -0.39 is 5.91 Å². The van der Waals surface area contributed by atoms with Crippen molar-refractivity contribution in [2.75, 3.05) is 52.3 Å². The van der Waals surface area contributed by atoms with Crippen LogP contribution in [-0.4, -0.2) is 73.4 Å². The monoisotopic (exact) mass is 540 g/mol. The summed E-state index contributed by atoms with van der Waals surface area (Å²) in [4.78, 5) is 21.6. The number of carbonyl (C=O) groups is 1. The van der Waals surface area contributed by atoms with E-state index in [1.807, 2.05) is 18.2 Å². The fraction of sp³-hybridized carbons (Fsp3) is 0.269. The van der Waals surface area contributed by atoms with Crippen molar-refractivity contribution in [3.63, 3.8) is 0 Å². The molecular formula is C26H26Cl2N6O3. The van der Waals surface area contributed by atoms with Crippen LogP contribution in [0.4, 0.5) is 5.69 Å². The van der Waals surface area contributed by atoms with E-state index in [-0.39, 0.29) is 0 Å². The SMILES string of the molecule is COc1cc(OC)c(Cl)c(-c2ccc3c(-c4cc(N5CCN(C)CC5)ccc4C(N)=O)[nH]nc3n2)c1Cl. The number of amides is 1. The minimum Gasteiger partial charge on any atom is -0.495 e. The van der Waals surface area contributed by atoms with Crippen molar-refractivity contribution in [1.82, 2.24) is 20.1 Å². The maximum absolute atomic E-state index is 12.3. The molecule has 192 valence electrons. The largest absolute Gasteiger partial charge is 0.495 e. The third-order valence-electron chi connectivity index (χ3n) is 6.65. The van der Waals surface area contributed by atoms with Crippen molar-refractivity contribution in [2.45, 2.75) is 0 Å². The number of aromatic amines is 1. The maximum atomic E-state index is 12.3. The molecule has 2 aromatic heterocycles. The summed E-state index contributed by atoms with van der Waals surface area (Å²) in [5.41, 5.74) is 9.88. The van der Waals surface area contributed by atoms with Crippen LogP contribution in [0.25, 0.3) is 33.5 Å². The number of rotatable bonds is 6. The Morgan fingerprint density at radius 1 is 1.00 bits per heavy atom. The molecule has 0 saturated carbocycles. The molecule has 3 N–H and O–H groups in total. The molecule has 11 heteroatoms. The molecule has 3 heterocycles. The zero-order valence-corrected chi connectivity index (χ0v) is 22.2. The number of hydrogen-bond donors (Lipinski definition) is 2. The van der Waals surface area contributed by atoms with E-state index >= 15 is 0 Å². The Bertz CT molecular complexity index is 1470. The van der Waals surface area contributed by atoms with Crippen molar-refractivity contribution in [2.24, 2.45) is 5.73 Å². The smallest absolute Gasteiger partial charge is 0.249 e. The van der Waals surface area contributed by atoms with Gasteiger partial charge in [-0.2, -0.15) is 5.10 Å². The number of halogens is 2. The summed E-state index contributed by atoms with van der Waals surface area (Å²) in [6, 6.07) is 11.0. The maximum Gasteiger partial charge on any atom is 0.249 e. The zero-order chi connectivity index (χ0) is 26.3. The number of primary amides is 1. The van der Waals surface area contributed by atoms with Gasteiger partial charge >= 0.3 is 0 Å². The number of nitrogens with zero attached hydrogens (tertiary/aromatic N) is 4. The summed E-state index contributed by atoms with van der Waals surface area (Å²) in [6.45, 7) is 3.72. The molecule has 0 aliphatic carbocycles. The van der Waals surface area contributed by atoms with Crippen LogP contribution >= 0.6 is 23.2 Å². The Balaban J connectivity index is 1.61. The molecule has 1 amide bonds. The van der Waals surface area contributed by atoms with Crippen molar-refractivity contribution >= 4 is 45.8 Å². The van der Waals surface area contributed by atoms with E-state index in [1.54, 1.807) is 18.2 Å². The highest BCUT2D eigenvalue weighted by molar-refractivity contribution is 6.41. The summed E-state index contributed by atoms with van der Waals surface area (Å²) >= 11 is 13.2. The summed E-state index contributed by atoms with van der Waals surface area (Å²) < 4.78 is 10.8. The number of nitrogens with two attached hydrogens (primary N) is 1. The molecule has 0 spiro atoms. The molecule has 1 saturated heterocycles. The number of ether oxygens (including phenoxy) is 2. The molecule has 9 nitrogen and oxygen atoms in total. The number of pyridine rings is 1. The third kappa shape index (κ3) is 4.54. The van der Waals surface area contributed by atoms with Crippen LogP contribution in [0.1, 0.15) is 10.4 Å². The zero-order valence-electron chi connectivity index (χ0n) is 20.6. The lowest BCUT2D eigenvalue weighted by Crippen LogP contribution is -2.44. The van der Waals surface area contributed by atoms with Gasteiger partial charge < -0.3 is 25.0 Å². The molecule has 1 aliphatic heterocycles. The minimum atomic E-state index is -0.519. The topological polar surface area (TPSA) is 110 Å². The van der Waals surface area contributed by atoms with Crippen LogP contribution in [0.2, 0.25) is 10.0 Å². The first-order valence-corrected chi connectivity index (χ1v) is 12.4. The summed E-state index contributed by atoms with van der Waals surface area (Å²) in [5, 5.41) is 8.82. The lowest BCUT2D eigenvalue weighted by Gasteiger charge is -2.34. The second-order valence-corrected chi connectivity index (χ2v) is 9.59. The fourth-order valence-electron chi connectivity index (χ4n) is 4.57. The molecule has 37 heavy (non-hydrogen) atoms. The Kier molecular flexibility index (Phi) is 6.85. The van der Waals surface area contributed by atoms with Gasteiger partial charge in [-0.15, -0.1) is 0 Å². The summed E-state index contributed by atoms with van der Waals surface area (Å²) in [6.07, 6.45) is 0. The Hall–Kier alpha value is -3.53. The molecule has 2 aromatic carbocycles. The number of piperazine rings is 1. The normalized spacial score (nSPS) is 14.2. The number of anilines is 1. The number of aromatic nitrogens is 3. The number of carbonyl (C=O) groups excluding carboxylic acids is 1. The number of fused-ring (bicyclic) bond motifs is 1. The molecule has 0 unspecified atom stereocenters. The highest BCUT2D eigenvalue weighted by Crippen LogP contribution is 2.46. The number of benzene rings is 2. The van der Waals surface area contributed by atoms with Crippen molar-refractivity contribution in [3.05, 3.63) is 52.0 Å². The van der Waals surface area contributed by atoms with Gasteiger partial charge in [-0.1, -0.05) is 23.2 Å². The van der Waals surface area contributed by atoms with E-state index in [9.17, 15) is 4.79 Å². The van der Waals surface area contributed by atoms with E-state index in [0.717, 1.165) is 37.3 Å². The average Bonchev–Trinajstić information content (AvgIpc) is 3.32. The Morgan fingerprint density at radius 3 is 2.30 bits per heavy atom. The Morgan fingerprint density at radius 2 is 1.68 bits per heavy atom. The van der Waals surface area contributed by atoms with E-state index in [1.165, 1.54) is 14.2 Å². The quantitative estimate of drug-likeness (QED) is 0.371. The number of nitrogens with one attached hydrogen (secondary N) is 1. The summed E-state index contributed by atoms with van der Waals surface area (Å²) in [5.74, 6) is 0.304. The predicted molar refractivity (Wildman–Crippen MR) is 146 cm³/mol. The van der Waals surface area contributed by atoms with Crippen LogP contribution in [0.3, 0.4) is 0 Å². The van der Waals surface area contributed by atoms with Crippen molar-refractivity contribution in [3.8, 4) is 34.0 Å². The van der Waals surface area contributed by atoms with Crippen LogP contribution < -0.4 is 20.1 Å². The molecular weight excluding hydrogens is 515 g/mol. The Labute approximate surface area is 224 Å². The standard InChI is InChI=1S/C26H26Cl2N6O3/c1-33-8-10-34(11-9-33)14-4-5-15(25(29)35)17(12-14)24-16-6-7-18(30-26(16)32-31-24)21-22(27)19(36-2)13-20(37-3)23(21)28/h4-7,12-13H,8-11H2,1-3H3,(H2,29,35)(H,30,31,32). The molecule has 1 fully saturated rings. The van der Waals surface area contributed by atoms with Crippen molar-refractivity contribution < 1.29 is 14.3 Å². The van der Waals surface area contributed by atoms with Gasteiger partial charge in [0.05, 0.1) is 35.7 Å². The fourth-order valence-corrected chi connectivity index (χ4v) is 5.26. The molecule has 0 atom stereocenters. The van der Waals surface area contributed by atoms with Gasteiger partial charge in [-0.3, -0.25) is 9.89 Å². The van der Waals surface area contributed by atoms with Gasteiger partial charge in [0.1, 0.15) is 11.5 Å². The first-order valence-electron chi connectivity index (χ1n) is 11.7. The molecule has 4 aromatic rings. The van der Waals surface area contributed by atoms with Crippen LogP contribution in [0, 0.1) is 0 Å². The van der Waals surface area contributed by atoms with E-state index in [0.29, 0.717) is 55.3 Å². The van der Waals surface area contributed by atoms with Gasteiger partial charge in [0.2, 0.25) is 5.91 Å².